The van der Waals surface area contributed by atoms with Crippen LogP contribution in [0.3, 0.4) is 0 Å². The van der Waals surface area contributed by atoms with Gasteiger partial charge >= 0.3 is 12.0 Å². The molecule has 0 radical (unpaired) electrons. The SMILES string of the molecule is CCN(C(=O)NCCCC(C)C)C1COCC1C(=O)O. The van der Waals surface area contributed by atoms with Crippen molar-refractivity contribution in [2.45, 2.75) is 39.7 Å². The van der Waals surface area contributed by atoms with Gasteiger partial charge < -0.3 is 20.1 Å². The number of urea groups is 1. The van der Waals surface area contributed by atoms with Crippen LogP contribution in [0.2, 0.25) is 0 Å². The summed E-state index contributed by atoms with van der Waals surface area (Å²) < 4.78 is 5.22. The molecule has 2 amide bonds. The monoisotopic (exact) mass is 286 g/mol. The molecular weight excluding hydrogens is 260 g/mol. The van der Waals surface area contributed by atoms with E-state index in [2.05, 4.69) is 19.2 Å². The number of nitrogens with zero attached hydrogens (tertiary/aromatic N) is 1. The van der Waals surface area contributed by atoms with E-state index in [-0.39, 0.29) is 18.7 Å². The molecule has 0 spiro atoms. The van der Waals surface area contributed by atoms with Gasteiger partial charge in [-0.05, 0) is 25.7 Å². The van der Waals surface area contributed by atoms with Crippen LogP contribution in [-0.4, -0.2) is 54.4 Å². The fourth-order valence-corrected chi connectivity index (χ4v) is 2.42. The lowest BCUT2D eigenvalue weighted by Crippen LogP contribution is -2.50. The number of aliphatic carboxylic acids is 1. The molecule has 0 bridgehead atoms. The van der Waals surface area contributed by atoms with E-state index in [0.29, 0.717) is 25.6 Å². The normalized spacial score (nSPS) is 22.0. The first-order valence-corrected chi connectivity index (χ1v) is 7.32. The summed E-state index contributed by atoms with van der Waals surface area (Å²) in [5.41, 5.74) is 0. The number of hydrogen-bond donors (Lipinski definition) is 2. The average Bonchev–Trinajstić information content (AvgIpc) is 2.84. The Labute approximate surface area is 120 Å². The van der Waals surface area contributed by atoms with Gasteiger partial charge in [0.25, 0.3) is 0 Å². The number of rotatable bonds is 7. The summed E-state index contributed by atoms with van der Waals surface area (Å²) in [5.74, 6) is -0.913. The third-order valence-corrected chi connectivity index (χ3v) is 3.60. The number of carbonyl (C=O) groups is 2. The third kappa shape index (κ3) is 4.67. The molecule has 2 atom stereocenters. The van der Waals surface area contributed by atoms with E-state index in [9.17, 15) is 9.59 Å². The quantitative estimate of drug-likeness (QED) is 0.696. The topological polar surface area (TPSA) is 78.9 Å². The van der Waals surface area contributed by atoms with Crippen molar-refractivity contribution in [3.63, 3.8) is 0 Å². The Hall–Kier alpha value is -1.30. The van der Waals surface area contributed by atoms with Gasteiger partial charge in [0.15, 0.2) is 0 Å². The Morgan fingerprint density at radius 2 is 2.10 bits per heavy atom. The number of nitrogens with one attached hydrogen (secondary N) is 1. The van der Waals surface area contributed by atoms with Gasteiger partial charge in [-0.1, -0.05) is 13.8 Å². The zero-order valence-corrected chi connectivity index (χ0v) is 12.6. The number of hydrogen-bond acceptors (Lipinski definition) is 3. The molecule has 20 heavy (non-hydrogen) atoms. The average molecular weight is 286 g/mol. The highest BCUT2D eigenvalue weighted by molar-refractivity contribution is 5.77. The molecule has 2 unspecified atom stereocenters. The van der Waals surface area contributed by atoms with Gasteiger partial charge in [-0.2, -0.15) is 0 Å². The highest BCUT2D eigenvalue weighted by atomic mass is 16.5. The van der Waals surface area contributed by atoms with E-state index in [1.807, 2.05) is 6.92 Å². The summed E-state index contributed by atoms with van der Waals surface area (Å²) >= 11 is 0. The molecule has 1 saturated heterocycles. The van der Waals surface area contributed by atoms with Crippen LogP contribution in [0.15, 0.2) is 0 Å². The molecule has 0 aliphatic carbocycles. The Morgan fingerprint density at radius 3 is 2.65 bits per heavy atom. The van der Waals surface area contributed by atoms with Crippen molar-refractivity contribution in [1.29, 1.82) is 0 Å². The first kappa shape index (κ1) is 16.8. The predicted octanol–water partition coefficient (Wildman–Crippen LogP) is 1.55. The number of carbonyl (C=O) groups excluding carboxylic acids is 1. The molecule has 0 aromatic carbocycles. The van der Waals surface area contributed by atoms with E-state index in [1.165, 1.54) is 0 Å². The lowest BCUT2D eigenvalue weighted by Gasteiger charge is -2.29. The lowest BCUT2D eigenvalue weighted by molar-refractivity contribution is -0.142. The van der Waals surface area contributed by atoms with Crippen molar-refractivity contribution >= 4 is 12.0 Å². The summed E-state index contributed by atoms with van der Waals surface area (Å²) in [5, 5.41) is 12.0. The summed E-state index contributed by atoms with van der Waals surface area (Å²) in [6, 6.07) is -0.569. The summed E-state index contributed by atoms with van der Waals surface area (Å²) in [4.78, 5) is 24.9. The molecule has 1 fully saturated rings. The van der Waals surface area contributed by atoms with Crippen LogP contribution < -0.4 is 5.32 Å². The fourth-order valence-electron chi connectivity index (χ4n) is 2.42. The van der Waals surface area contributed by atoms with Crippen LogP contribution in [0.1, 0.15) is 33.6 Å². The van der Waals surface area contributed by atoms with Gasteiger partial charge in [0, 0.05) is 13.1 Å². The van der Waals surface area contributed by atoms with Crippen LogP contribution in [0.4, 0.5) is 4.79 Å². The molecule has 0 aromatic rings. The number of amides is 2. The maximum atomic E-state index is 12.1. The Kier molecular flexibility index (Phi) is 6.78. The van der Waals surface area contributed by atoms with Crippen LogP contribution >= 0.6 is 0 Å². The van der Waals surface area contributed by atoms with Crippen molar-refractivity contribution in [2.75, 3.05) is 26.3 Å². The summed E-state index contributed by atoms with van der Waals surface area (Å²) in [7, 11) is 0. The number of ether oxygens (including phenoxy) is 1. The molecule has 1 aliphatic rings. The van der Waals surface area contributed by atoms with E-state index in [4.69, 9.17) is 9.84 Å². The Bertz CT molecular complexity index is 333. The van der Waals surface area contributed by atoms with Crippen molar-refractivity contribution < 1.29 is 19.4 Å². The fraction of sp³-hybridized carbons (Fsp3) is 0.857. The molecule has 1 heterocycles. The lowest BCUT2D eigenvalue weighted by atomic mass is 10.0. The maximum Gasteiger partial charge on any atom is 0.317 e. The Balaban J connectivity index is 2.48. The van der Waals surface area contributed by atoms with Crippen molar-refractivity contribution in [1.82, 2.24) is 10.2 Å². The maximum absolute atomic E-state index is 12.1. The minimum absolute atomic E-state index is 0.178. The number of likely N-dealkylation sites (N-methyl/N-ethyl adjacent to an activating group) is 1. The van der Waals surface area contributed by atoms with Crippen LogP contribution in [-0.2, 0) is 9.53 Å². The number of carboxylic acids is 1. The van der Waals surface area contributed by atoms with E-state index >= 15 is 0 Å². The predicted molar refractivity (Wildman–Crippen MR) is 75.6 cm³/mol. The Morgan fingerprint density at radius 1 is 1.40 bits per heavy atom. The molecule has 6 heteroatoms. The van der Waals surface area contributed by atoms with Crippen LogP contribution in [0.25, 0.3) is 0 Å². The summed E-state index contributed by atoms with van der Waals surface area (Å²) in [6.45, 7) is 7.72. The van der Waals surface area contributed by atoms with Crippen molar-refractivity contribution in [2.24, 2.45) is 11.8 Å². The first-order valence-electron chi connectivity index (χ1n) is 7.32. The first-order chi connectivity index (χ1) is 9.47. The largest absolute Gasteiger partial charge is 0.481 e. The van der Waals surface area contributed by atoms with Crippen molar-refractivity contribution in [3.8, 4) is 0 Å². The zero-order valence-electron chi connectivity index (χ0n) is 12.6. The molecule has 1 rings (SSSR count). The van der Waals surface area contributed by atoms with Gasteiger partial charge in [-0.15, -0.1) is 0 Å². The molecular formula is C14H26N2O4. The van der Waals surface area contributed by atoms with E-state index in [0.717, 1.165) is 12.8 Å². The number of carboxylic acid groups (broad SMARTS) is 1. The molecule has 0 saturated carbocycles. The van der Waals surface area contributed by atoms with Gasteiger partial charge in [0.05, 0.1) is 19.3 Å². The van der Waals surface area contributed by atoms with E-state index in [1.54, 1.807) is 4.90 Å². The van der Waals surface area contributed by atoms with E-state index < -0.39 is 11.9 Å². The third-order valence-electron chi connectivity index (χ3n) is 3.60. The second-order valence-electron chi connectivity index (χ2n) is 5.60. The molecule has 0 aromatic heterocycles. The highest BCUT2D eigenvalue weighted by Gasteiger charge is 2.39. The molecule has 1 aliphatic heterocycles. The zero-order chi connectivity index (χ0) is 15.1. The molecule has 116 valence electrons. The van der Waals surface area contributed by atoms with Gasteiger partial charge in [0.2, 0.25) is 0 Å². The second kappa shape index (κ2) is 8.09. The minimum Gasteiger partial charge on any atom is -0.481 e. The molecule has 6 nitrogen and oxygen atoms in total. The molecule has 2 N–H and O–H groups in total. The van der Waals surface area contributed by atoms with Gasteiger partial charge in [-0.25, -0.2) is 4.79 Å². The van der Waals surface area contributed by atoms with Gasteiger partial charge in [-0.3, -0.25) is 4.79 Å². The van der Waals surface area contributed by atoms with Crippen LogP contribution in [0.5, 0.6) is 0 Å². The minimum atomic E-state index is -0.904. The van der Waals surface area contributed by atoms with Crippen molar-refractivity contribution in [3.05, 3.63) is 0 Å². The second-order valence-corrected chi connectivity index (χ2v) is 5.60. The highest BCUT2D eigenvalue weighted by Crippen LogP contribution is 2.20. The van der Waals surface area contributed by atoms with Gasteiger partial charge in [0.1, 0.15) is 5.92 Å². The van der Waals surface area contributed by atoms with Crippen LogP contribution in [0, 0.1) is 11.8 Å². The standard InChI is InChI=1S/C14H26N2O4/c1-4-16(12-9-20-8-11(12)13(17)18)14(19)15-7-5-6-10(2)3/h10-12H,4-9H2,1-3H3,(H,15,19)(H,17,18). The smallest absolute Gasteiger partial charge is 0.317 e. The summed E-state index contributed by atoms with van der Waals surface area (Å²) in [6.07, 6.45) is 2.00.